The lowest BCUT2D eigenvalue weighted by Gasteiger charge is -2.27. The predicted octanol–water partition coefficient (Wildman–Crippen LogP) is 3.24. The van der Waals surface area contributed by atoms with Crippen LogP contribution in [0, 0.1) is 12.3 Å². The van der Waals surface area contributed by atoms with Gasteiger partial charge in [0.15, 0.2) is 0 Å². The molecule has 1 atom stereocenters. The molecule has 2 aromatic carbocycles. The number of piperidine rings is 1. The van der Waals surface area contributed by atoms with Gasteiger partial charge in [-0.1, -0.05) is 6.07 Å². The molecule has 0 spiro atoms. The molecule has 37 heavy (non-hydrogen) atoms. The number of nitrogens with one attached hydrogen (secondary N) is 4. The van der Waals surface area contributed by atoms with Gasteiger partial charge >= 0.3 is 0 Å². The van der Waals surface area contributed by atoms with Crippen LogP contribution < -0.4 is 16.0 Å². The van der Waals surface area contributed by atoms with E-state index in [1.165, 1.54) is 6.21 Å². The molecule has 1 fully saturated rings. The van der Waals surface area contributed by atoms with E-state index in [9.17, 15) is 19.2 Å². The summed E-state index contributed by atoms with van der Waals surface area (Å²) in [7, 11) is 1.77. The Kier molecular flexibility index (Phi) is 6.00. The smallest absolute Gasteiger partial charge is 0.264 e. The van der Waals surface area contributed by atoms with Crippen molar-refractivity contribution in [3.8, 4) is 11.1 Å². The average Bonchev–Trinajstić information content (AvgIpc) is 3.14. The summed E-state index contributed by atoms with van der Waals surface area (Å²) in [5.74, 6) is -2.26. The summed E-state index contributed by atoms with van der Waals surface area (Å²) >= 11 is 0. The van der Waals surface area contributed by atoms with Gasteiger partial charge in [0, 0.05) is 54.1 Å². The lowest BCUT2D eigenvalue weighted by atomic mass is 9.99. The molecule has 186 valence electrons. The first kappa shape index (κ1) is 23.9. The van der Waals surface area contributed by atoms with Crippen molar-refractivity contribution >= 4 is 46.9 Å². The van der Waals surface area contributed by atoms with Gasteiger partial charge in [0.1, 0.15) is 6.04 Å². The zero-order chi connectivity index (χ0) is 26.3. The molecule has 1 unspecified atom stereocenters. The first-order valence-electron chi connectivity index (χ1n) is 11.7. The summed E-state index contributed by atoms with van der Waals surface area (Å²) in [6, 6.07) is 11.3. The van der Waals surface area contributed by atoms with E-state index in [0.717, 1.165) is 27.4 Å². The summed E-state index contributed by atoms with van der Waals surface area (Å²) in [5, 5.41) is 16.5. The van der Waals surface area contributed by atoms with Gasteiger partial charge < -0.3 is 16.0 Å². The zero-order valence-corrected chi connectivity index (χ0v) is 20.2. The Hall–Kier alpha value is -4.86. The maximum absolute atomic E-state index is 13.5. The molecule has 2 aliphatic heterocycles. The second-order valence-corrected chi connectivity index (χ2v) is 8.87. The molecule has 2 aliphatic rings. The lowest BCUT2D eigenvalue weighted by molar-refractivity contribution is -0.136. The van der Waals surface area contributed by atoms with Gasteiger partial charge in [0.05, 0.1) is 16.8 Å². The fraction of sp³-hybridized carbons (Fsp3) is 0.185. The number of nitrogens with zero attached hydrogens (tertiary/aromatic N) is 2. The Labute approximate surface area is 212 Å². The molecule has 4 N–H and O–H groups in total. The number of pyridine rings is 1. The number of carbonyl (C=O) groups is 4. The van der Waals surface area contributed by atoms with Gasteiger partial charge in [-0.3, -0.25) is 34.4 Å². The molecule has 5 rings (SSSR count). The number of imide groups is 2. The van der Waals surface area contributed by atoms with Crippen molar-refractivity contribution in [2.24, 2.45) is 0 Å². The van der Waals surface area contributed by atoms with Gasteiger partial charge in [0.25, 0.3) is 11.8 Å². The second kappa shape index (κ2) is 9.30. The van der Waals surface area contributed by atoms with Crippen LogP contribution in [-0.2, 0) is 9.59 Å². The zero-order valence-electron chi connectivity index (χ0n) is 20.2. The molecular weight excluding hydrogens is 472 g/mol. The quantitative estimate of drug-likeness (QED) is 0.303. The van der Waals surface area contributed by atoms with Crippen molar-refractivity contribution in [1.29, 1.82) is 5.41 Å². The van der Waals surface area contributed by atoms with Crippen molar-refractivity contribution in [2.75, 3.05) is 17.7 Å². The largest absolute Gasteiger partial charge is 0.388 e. The highest BCUT2D eigenvalue weighted by Gasteiger charge is 2.45. The molecule has 0 aliphatic carbocycles. The average molecular weight is 497 g/mol. The maximum atomic E-state index is 13.5. The molecule has 3 heterocycles. The van der Waals surface area contributed by atoms with Crippen LogP contribution in [0.5, 0.6) is 0 Å². The van der Waals surface area contributed by atoms with Crippen LogP contribution in [0.25, 0.3) is 11.1 Å². The van der Waals surface area contributed by atoms with Gasteiger partial charge in [0.2, 0.25) is 11.8 Å². The van der Waals surface area contributed by atoms with Crippen molar-refractivity contribution in [1.82, 2.24) is 15.2 Å². The minimum atomic E-state index is -1.05. The highest BCUT2D eigenvalue weighted by atomic mass is 16.2. The number of amides is 4. The molecule has 1 saturated heterocycles. The summed E-state index contributed by atoms with van der Waals surface area (Å²) < 4.78 is 0. The summed E-state index contributed by atoms with van der Waals surface area (Å²) in [5.41, 5.74) is 5.23. The van der Waals surface area contributed by atoms with Crippen molar-refractivity contribution in [3.63, 3.8) is 0 Å². The van der Waals surface area contributed by atoms with E-state index in [1.54, 1.807) is 37.5 Å². The normalized spacial score (nSPS) is 16.9. The minimum Gasteiger partial charge on any atom is -0.388 e. The molecule has 0 radical (unpaired) electrons. The highest BCUT2D eigenvalue weighted by Crippen LogP contribution is 2.38. The van der Waals surface area contributed by atoms with Gasteiger partial charge in [-0.2, -0.15) is 0 Å². The topological polar surface area (TPSA) is 144 Å². The van der Waals surface area contributed by atoms with Crippen LogP contribution in [0.4, 0.5) is 17.1 Å². The summed E-state index contributed by atoms with van der Waals surface area (Å²) in [6.45, 7) is 1.89. The number of rotatable bonds is 6. The number of hydrogen-bond acceptors (Lipinski definition) is 8. The molecule has 10 heteroatoms. The molecule has 0 bridgehead atoms. The van der Waals surface area contributed by atoms with Crippen LogP contribution in [0.1, 0.15) is 44.8 Å². The van der Waals surface area contributed by atoms with Gasteiger partial charge in [-0.05, 0) is 55.3 Å². The summed E-state index contributed by atoms with van der Waals surface area (Å²) in [4.78, 5) is 56.0. The number of aromatic nitrogens is 1. The van der Waals surface area contributed by atoms with Gasteiger partial charge in [-0.25, -0.2) is 0 Å². The van der Waals surface area contributed by atoms with Crippen molar-refractivity contribution in [2.45, 2.75) is 25.8 Å². The minimum absolute atomic E-state index is 0.0494. The molecule has 4 amide bonds. The Balaban J connectivity index is 1.58. The van der Waals surface area contributed by atoms with E-state index < -0.39 is 29.7 Å². The van der Waals surface area contributed by atoms with Crippen molar-refractivity contribution < 1.29 is 19.2 Å². The number of carbonyl (C=O) groups excluding carboxylic acids is 4. The number of hydrogen-bond donors (Lipinski definition) is 4. The monoisotopic (exact) mass is 496 g/mol. The maximum Gasteiger partial charge on any atom is 0.264 e. The van der Waals surface area contributed by atoms with Crippen LogP contribution in [0.15, 0.2) is 48.7 Å². The molecule has 1 aromatic heterocycles. The number of benzene rings is 2. The molecule has 10 nitrogen and oxygen atoms in total. The SMILES string of the molecule is CNc1cc(-c2ccnc(C)c2)c(Nc2cccc3c2C(=O)N(C2CCC(=O)NC2=O)C3=O)cc1C=N. The second-order valence-electron chi connectivity index (χ2n) is 8.87. The Morgan fingerprint density at radius 2 is 1.84 bits per heavy atom. The number of anilines is 3. The van der Waals surface area contributed by atoms with Crippen molar-refractivity contribution in [3.05, 3.63) is 71.0 Å². The number of fused-ring (bicyclic) bond motifs is 1. The van der Waals surface area contributed by atoms with Crippen LogP contribution in [0.3, 0.4) is 0 Å². The third kappa shape index (κ3) is 4.12. The van der Waals surface area contributed by atoms with E-state index in [4.69, 9.17) is 5.41 Å². The predicted molar refractivity (Wildman–Crippen MR) is 138 cm³/mol. The van der Waals surface area contributed by atoms with Crippen LogP contribution in [-0.4, -0.2) is 52.8 Å². The fourth-order valence-corrected chi connectivity index (χ4v) is 4.77. The third-order valence-corrected chi connectivity index (χ3v) is 6.56. The third-order valence-electron chi connectivity index (χ3n) is 6.56. The summed E-state index contributed by atoms with van der Waals surface area (Å²) in [6.07, 6.45) is 3.07. The van der Waals surface area contributed by atoms with E-state index in [1.807, 2.05) is 25.1 Å². The van der Waals surface area contributed by atoms with E-state index >= 15 is 0 Å². The van der Waals surface area contributed by atoms with E-state index in [-0.39, 0.29) is 24.0 Å². The van der Waals surface area contributed by atoms with Crippen LogP contribution in [0.2, 0.25) is 0 Å². The Morgan fingerprint density at radius 3 is 2.54 bits per heavy atom. The first-order chi connectivity index (χ1) is 17.8. The lowest BCUT2D eigenvalue weighted by Crippen LogP contribution is -2.54. The number of aryl methyl sites for hydroxylation is 1. The molecule has 0 saturated carbocycles. The Bertz CT molecular complexity index is 1500. The fourth-order valence-electron chi connectivity index (χ4n) is 4.77. The highest BCUT2D eigenvalue weighted by molar-refractivity contribution is 6.25. The van der Waals surface area contributed by atoms with Crippen LogP contribution >= 0.6 is 0 Å². The molecule has 3 aromatic rings. The standard InChI is InChI=1S/C27H24N6O4/c1-14-10-15(8-9-30-14)18-12-20(29-2)16(13-28)11-21(18)31-19-5-3-4-17-24(19)27(37)33(26(17)36)22-6-7-23(34)32-25(22)35/h3-5,8-13,22,28-29,31H,6-7H2,1-2H3,(H,32,34,35). The Morgan fingerprint density at radius 1 is 1.03 bits per heavy atom. The molecular formula is C27H24N6O4. The first-order valence-corrected chi connectivity index (χ1v) is 11.7. The van der Waals surface area contributed by atoms with E-state index in [2.05, 4.69) is 20.9 Å². The van der Waals surface area contributed by atoms with E-state index in [0.29, 0.717) is 16.9 Å². The van der Waals surface area contributed by atoms with Gasteiger partial charge in [-0.15, -0.1) is 0 Å².